The number of rotatable bonds is 3. The molecule has 1 heterocycles. The minimum Gasteiger partial charge on any atom is -0.481 e. The highest BCUT2D eigenvalue weighted by Crippen LogP contribution is 2.23. The Kier molecular flexibility index (Phi) is 5.64. The summed E-state index contributed by atoms with van der Waals surface area (Å²) in [7, 11) is 0. The maximum atomic E-state index is 11.0. The largest absolute Gasteiger partial charge is 0.481 e. The highest BCUT2D eigenvalue weighted by atomic mass is 16.4. The van der Waals surface area contributed by atoms with Crippen LogP contribution in [0.3, 0.4) is 0 Å². The predicted molar refractivity (Wildman–Crippen MR) is 76.3 cm³/mol. The van der Waals surface area contributed by atoms with Gasteiger partial charge in [-0.05, 0) is 32.7 Å². The van der Waals surface area contributed by atoms with Gasteiger partial charge < -0.3 is 10.4 Å². The van der Waals surface area contributed by atoms with Crippen molar-refractivity contribution in [1.82, 2.24) is 10.2 Å². The molecule has 19 heavy (non-hydrogen) atoms. The van der Waals surface area contributed by atoms with Gasteiger partial charge in [-0.25, -0.2) is 0 Å². The number of hydrogen-bond donors (Lipinski definition) is 2. The maximum absolute atomic E-state index is 11.0. The first-order valence-electron chi connectivity index (χ1n) is 7.87. The first-order chi connectivity index (χ1) is 9.15. The third-order valence-electron chi connectivity index (χ3n) is 4.59. The summed E-state index contributed by atoms with van der Waals surface area (Å²) in [5, 5.41) is 12.5. The molecule has 0 aromatic heterocycles. The van der Waals surface area contributed by atoms with Gasteiger partial charge in [0.05, 0.1) is 6.42 Å². The van der Waals surface area contributed by atoms with E-state index in [0.717, 1.165) is 19.5 Å². The Morgan fingerprint density at radius 2 is 1.89 bits per heavy atom. The van der Waals surface area contributed by atoms with Crippen molar-refractivity contribution >= 4 is 5.97 Å². The van der Waals surface area contributed by atoms with Gasteiger partial charge in [0.2, 0.25) is 0 Å². The lowest BCUT2D eigenvalue weighted by atomic mass is 10.1. The normalized spacial score (nSPS) is 31.6. The van der Waals surface area contributed by atoms with Crippen LogP contribution in [0, 0.1) is 0 Å². The summed E-state index contributed by atoms with van der Waals surface area (Å²) in [5.41, 5.74) is 0. The monoisotopic (exact) mass is 268 g/mol. The molecule has 110 valence electrons. The number of nitrogens with one attached hydrogen (secondary N) is 1. The molecule has 0 amide bonds. The zero-order chi connectivity index (χ0) is 13.7. The van der Waals surface area contributed by atoms with Gasteiger partial charge in [-0.2, -0.15) is 0 Å². The molecule has 2 unspecified atom stereocenters. The molecule has 1 saturated carbocycles. The number of hydrogen-bond acceptors (Lipinski definition) is 3. The van der Waals surface area contributed by atoms with Crippen LogP contribution in [0.2, 0.25) is 0 Å². The molecule has 0 aromatic carbocycles. The number of nitrogens with zero attached hydrogens (tertiary/aromatic N) is 1. The summed E-state index contributed by atoms with van der Waals surface area (Å²) in [6.07, 6.45) is 9.40. The highest BCUT2D eigenvalue weighted by Gasteiger charge is 2.27. The summed E-state index contributed by atoms with van der Waals surface area (Å²) >= 11 is 0. The van der Waals surface area contributed by atoms with E-state index in [2.05, 4.69) is 17.1 Å². The molecular formula is C15H28N2O2. The lowest BCUT2D eigenvalue weighted by molar-refractivity contribution is -0.137. The molecule has 2 atom stereocenters. The van der Waals surface area contributed by atoms with Gasteiger partial charge in [-0.1, -0.05) is 25.7 Å². The van der Waals surface area contributed by atoms with Gasteiger partial charge in [0.15, 0.2) is 0 Å². The van der Waals surface area contributed by atoms with Crippen LogP contribution < -0.4 is 5.32 Å². The Hall–Kier alpha value is -0.610. The van der Waals surface area contributed by atoms with Crippen LogP contribution in [0.1, 0.15) is 58.3 Å². The van der Waals surface area contributed by atoms with Gasteiger partial charge in [0.25, 0.3) is 0 Å². The zero-order valence-electron chi connectivity index (χ0n) is 12.1. The van der Waals surface area contributed by atoms with E-state index in [4.69, 9.17) is 5.11 Å². The quantitative estimate of drug-likeness (QED) is 0.771. The van der Waals surface area contributed by atoms with Gasteiger partial charge in [-0.15, -0.1) is 0 Å². The number of aliphatic carboxylic acids is 1. The van der Waals surface area contributed by atoms with Crippen molar-refractivity contribution in [3.63, 3.8) is 0 Å². The molecular weight excluding hydrogens is 240 g/mol. The summed E-state index contributed by atoms with van der Waals surface area (Å²) in [6.45, 7) is 4.20. The van der Waals surface area contributed by atoms with Crippen LogP contribution in [-0.4, -0.2) is 47.2 Å². The molecule has 4 heteroatoms. The second-order valence-electron chi connectivity index (χ2n) is 6.29. The molecule has 1 saturated heterocycles. The molecule has 2 N–H and O–H groups in total. The molecule has 2 rings (SSSR count). The van der Waals surface area contributed by atoms with Crippen molar-refractivity contribution in [2.75, 3.05) is 13.1 Å². The number of carboxylic acids is 1. The van der Waals surface area contributed by atoms with Crippen LogP contribution >= 0.6 is 0 Å². The third-order valence-corrected chi connectivity index (χ3v) is 4.59. The molecule has 0 spiro atoms. The summed E-state index contributed by atoms with van der Waals surface area (Å²) < 4.78 is 0. The van der Waals surface area contributed by atoms with Crippen LogP contribution in [0.15, 0.2) is 0 Å². The fourth-order valence-electron chi connectivity index (χ4n) is 3.56. The Bertz CT molecular complexity index is 288. The molecule has 0 bridgehead atoms. The minimum atomic E-state index is -0.688. The molecule has 0 radical (unpaired) electrons. The van der Waals surface area contributed by atoms with Gasteiger partial charge in [-0.3, -0.25) is 9.69 Å². The Morgan fingerprint density at radius 3 is 2.53 bits per heavy atom. The molecule has 2 fully saturated rings. The summed E-state index contributed by atoms with van der Waals surface area (Å²) in [5.74, 6) is -0.688. The Balaban J connectivity index is 1.95. The molecule has 4 nitrogen and oxygen atoms in total. The summed E-state index contributed by atoms with van der Waals surface area (Å²) in [6, 6.07) is 1.23. The van der Waals surface area contributed by atoms with Crippen LogP contribution in [-0.2, 0) is 4.79 Å². The third kappa shape index (κ3) is 4.77. The minimum absolute atomic E-state index is 0.109. The molecule has 0 aromatic rings. The van der Waals surface area contributed by atoms with Crippen molar-refractivity contribution in [1.29, 1.82) is 0 Å². The smallest absolute Gasteiger partial charge is 0.304 e. The van der Waals surface area contributed by atoms with Crippen LogP contribution in [0.4, 0.5) is 0 Å². The van der Waals surface area contributed by atoms with E-state index in [-0.39, 0.29) is 12.5 Å². The second-order valence-corrected chi connectivity index (χ2v) is 6.29. The van der Waals surface area contributed by atoms with Gasteiger partial charge >= 0.3 is 5.97 Å². The first kappa shape index (κ1) is 14.8. The number of carbonyl (C=O) groups is 1. The van der Waals surface area contributed by atoms with Crippen molar-refractivity contribution in [3.05, 3.63) is 0 Å². The fourth-order valence-corrected chi connectivity index (χ4v) is 3.56. The lowest BCUT2D eigenvalue weighted by Gasteiger charge is -2.31. The van der Waals surface area contributed by atoms with E-state index in [1.165, 1.54) is 38.5 Å². The van der Waals surface area contributed by atoms with E-state index in [9.17, 15) is 4.79 Å². The Labute approximate surface area is 116 Å². The summed E-state index contributed by atoms with van der Waals surface area (Å²) in [4.78, 5) is 13.5. The SMILES string of the molecule is CC1CCN(C2CCCCCC2)CC(CC(=O)O)N1. The average Bonchev–Trinajstić information content (AvgIpc) is 2.69. The predicted octanol–water partition coefficient (Wildman–Crippen LogP) is 2.24. The first-order valence-corrected chi connectivity index (χ1v) is 7.87. The van der Waals surface area contributed by atoms with Crippen molar-refractivity contribution in [2.24, 2.45) is 0 Å². The zero-order valence-corrected chi connectivity index (χ0v) is 12.1. The van der Waals surface area contributed by atoms with Crippen molar-refractivity contribution in [3.8, 4) is 0 Å². The fraction of sp³-hybridized carbons (Fsp3) is 0.933. The molecule has 1 aliphatic carbocycles. The van der Waals surface area contributed by atoms with Gasteiger partial charge in [0, 0.05) is 24.7 Å². The van der Waals surface area contributed by atoms with Crippen LogP contribution in [0.5, 0.6) is 0 Å². The highest BCUT2D eigenvalue weighted by molar-refractivity contribution is 5.67. The average molecular weight is 268 g/mol. The van der Waals surface area contributed by atoms with E-state index in [1.54, 1.807) is 0 Å². The number of carboxylic acid groups (broad SMARTS) is 1. The second kappa shape index (κ2) is 7.25. The van der Waals surface area contributed by atoms with E-state index in [0.29, 0.717) is 12.1 Å². The van der Waals surface area contributed by atoms with E-state index < -0.39 is 5.97 Å². The standard InChI is InChI=1S/C15H28N2O2/c1-12-8-9-17(11-13(16-12)10-15(18)19)14-6-4-2-3-5-7-14/h12-14,16H,2-11H2,1H3,(H,18,19). The van der Waals surface area contributed by atoms with Crippen LogP contribution in [0.25, 0.3) is 0 Å². The van der Waals surface area contributed by atoms with E-state index in [1.807, 2.05) is 0 Å². The topological polar surface area (TPSA) is 52.6 Å². The van der Waals surface area contributed by atoms with Crippen molar-refractivity contribution < 1.29 is 9.90 Å². The lowest BCUT2D eigenvalue weighted by Crippen LogP contribution is -2.44. The molecule has 2 aliphatic rings. The van der Waals surface area contributed by atoms with Gasteiger partial charge in [0.1, 0.15) is 0 Å². The molecule has 1 aliphatic heterocycles. The maximum Gasteiger partial charge on any atom is 0.304 e. The van der Waals surface area contributed by atoms with Crippen molar-refractivity contribution in [2.45, 2.75) is 76.4 Å². The van der Waals surface area contributed by atoms with E-state index >= 15 is 0 Å². The Morgan fingerprint density at radius 1 is 1.21 bits per heavy atom.